The second-order valence-corrected chi connectivity index (χ2v) is 8.82. The number of hydrogen-bond acceptors (Lipinski definition) is 4. The zero-order valence-corrected chi connectivity index (χ0v) is 16.7. The Morgan fingerprint density at radius 3 is 2.37 bits per heavy atom. The lowest BCUT2D eigenvalue weighted by molar-refractivity contribution is -0.121. The summed E-state index contributed by atoms with van der Waals surface area (Å²) in [5.41, 5.74) is 1.01. The Morgan fingerprint density at radius 1 is 1.11 bits per heavy atom. The molecule has 6 heteroatoms. The van der Waals surface area contributed by atoms with Gasteiger partial charge in [0.1, 0.15) is 0 Å². The number of fused-ring (bicyclic) bond motifs is 1. The predicted octanol–water partition coefficient (Wildman–Crippen LogP) is 3.63. The molecule has 1 fully saturated rings. The van der Waals surface area contributed by atoms with Gasteiger partial charge in [0.25, 0.3) is 11.8 Å². The Bertz CT molecular complexity index is 665. The molecule has 1 N–H and O–H groups in total. The Balaban J connectivity index is 1.34. The summed E-state index contributed by atoms with van der Waals surface area (Å²) in [6.45, 7) is 2.39. The SMILES string of the molecule is CC(SCCCCN1C(=O)c2ccccc2C1=O)C(=O)NC1CCCCC1. The van der Waals surface area contributed by atoms with Crippen molar-refractivity contribution in [1.29, 1.82) is 0 Å². The van der Waals surface area contributed by atoms with Crippen LogP contribution in [0, 0.1) is 0 Å². The van der Waals surface area contributed by atoms with Crippen molar-refractivity contribution >= 4 is 29.5 Å². The minimum absolute atomic E-state index is 0.0637. The van der Waals surface area contributed by atoms with Crippen molar-refractivity contribution in [3.63, 3.8) is 0 Å². The zero-order chi connectivity index (χ0) is 19.2. The van der Waals surface area contributed by atoms with E-state index in [1.165, 1.54) is 24.2 Å². The Morgan fingerprint density at radius 2 is 1.74 bits per heavy atom. The second kappa shape index (κ2) is 9.40. The highest BCUT2D eigenvalue weighted by Gasteiger charge is 2.34. The molecule has 5 nitrogen and oxygen atoms in total. The van der Waals surface area contributed by atoms with E-state index in [9.17, 15) is 14.4 Å². The largest absolute Gasteiger partial charge is 0.352 e. The normalized spacial score (nSPS) is 18.5. The third kappa shape index (κ3) is 4.92. The fraction of sp³-hybridized carbons (Fsp3) is 0.571. The summed E-state index contributed by atoms with van der Waals surface area (Å²) in [5.74, 6) is 0.599. The van der Waals surface area contributed by atoms with E-state index >= 15 is 0 Å². The third-order valence-electron chi connectivity index (χ3n) is 5.34. The molecule has 1 atom stereocenters. The van der Waals surface area contributed by atoms with Crippen LogP contribution in [0.15, 0.2) is 24.3 Å². The lowest BCUT2D eigenvalue weighted by Gasteiger charge is -2.24. The van der Waals surface area contributed by atoms with E-state index in [2.05, 4.69) is 5.32 Å². The predicted molar refractivity (Wildman–Crippen MR) is 108 cm³/mol. The maximum Gasteiger partial charge on any atom is 0.261 e. The van der Waals surface area contributed by atoms with Gasteiger partial charge in [-0.05, 0) is 50.5 Å². The van der Waals surface area contributed by atoms with Crippen LogP contribution in [0.4, 0.5) is 0 Å². The number of benzene rings is 1. The van der Waals surface area contributed by atoms with Gasteiger partial charge in [-0.15, -0.1) is 11.8 Å². The molecule has 3 amide bonds. The van der Waals surface area contributed by atoms with Gasteiger partial charge in [-0.2, -0.15) is 0 Å². The molecule has 0 radical (unpaired) electrons. The second-order valence-electron chi connectivity index (χ2n) is 7.37. The standard InChI is InChI=1S/C21H28N2O3S/c1-15(19(24)22-16-9-3-2-4-10-16)27-14-8-7-13-23-20(25)17-11-5-6-12-18(17)21(23)26/h5-6,11-12,15-16H,2-4,7-10,13-14H2,1H3,(H,22,24). The first-order valence-corrected chi connectivity index (χ1v) is 11.0. The average Bonchev–Trinajstić information content (AvgIpc) is 2.93. The monoisotopic (exact) mass is 388 g/mol. The number of imide groups is 1. The smallest absolute Gasteiger partial charge is 0.261 e. The first-order chi connectivity index (χ1) is 13.1. The number of rotatable bonds is 8. The Labute approximate surface area is 165 Å². The van der Waals surface area contributed by atoms with E-state index in [4.69, 9.17) is 0 Å². The zero-order valence-electron chi connectivity index (χ0n) is 15.9. The van der Waals surface area contributed by atoms with Crippen molar-refractivity contribution in [3.8, 4) is 0 Å². The van der Waals surface area contributed by atoms with E-state index < -0.39 is 0 Å². The molecule has 0 spiro atoms. The van der Waals surface area contributed by atoms with Gasteiger partial charge in [0.2, 0.25) is 5.91 Å². The average molecular weight is 389 g/mol. The summed E-state index contributed by atoms with van der Waals surface area (Å²) in [6.07, 6.45) is 7.54. The van der Waals surface area contributed by atoms with E-state index in [-0.39, 0.29) is 23.0 Å². The number of nitrogens with zero attached hydrogens (tertiary/aromatic N) is 1. The Hall–Kier alpha value is -1.82. The van der Waals surface area contributed by atoms with E-state index in [0.717, 1.165) is 31.4 Å². The van der Waals surface area contributed by atoms with Crippen molar-refractivity contribution in [2.24, 2.45) is 0 Å². The van der Waals surface area contributed by atoms with Crippen LogP contribution in [0.1, 0.15) is 72.6 Å². The number of nitrogens with one attached hydrogen (secondary N) is 1. The summed E-state index contributed by atoms with van der Waals surface area (Å²) in [4.78, 5) is 38.2. The van der Waals surface area contributed by atoms with Crippen molar-refractivity contribution < 1.29 is 14.4 Å². The molecule has 1 aliphatic carbocycles. The van der Waals surface area contributed by atoms with Gasteiger partial charge in [0, 0.05) is 12.6 Å². The van der Waals surface area contributed by atoms with Gasteiger partial charge >= 0.3 is 0 Å². The van der Waals surface area contributed by atoms with Gasteiger partial charge in [-0.1, -0.05) is 31.4 Å². The summed E-state index contributed by atoms with van der Waals surface area (Å²) in [6, 6.07) is 7.33. The molecule has 1 saturated carbocycles. The van der Waals surface area contributed by atoms with Gasteiger partial charge in [0.05, 0.1) is 16.4 Å². The number of hydrogen-bond donors (Lipinski definition) is 1. The molecule has 0 bridgehead atoms. The maximum absolute atomic E-state index is 12.3. The number of carbonyl (C=O) groups excluding carboxylic acids is 3. The Kier molecular flexibility index (Phi) is 6.94. The molecule has 2 aliphatic rings. The maximum atomic E-state index is 12.3. The van der Waals surface area contributed by atoms with E-state index in [1.807, 2.05) is 6.92 Å². The molecule has 1 aromatic carbocycles. The number of carbonyl (C=O) groups is 3. The van der Waals surface area contributed by atoms with Crippen LogP contribution < -0.4 is 5.32 Å². The first kappa shape index (κ1) is 19.9. The molecule has 27 heavy (non-hydrogen) atoms. The van der Waals surface area contributed by atoms with Crippen molar-refractivity contribution in [3.05, 3.63) is 35.4 Å². The van der Waals surface area contributed by atoms with Gasteiger partial charge in [0.15, 0.2) is 0 Å². The van der Waals surface area contributed by atoms with Gasteiger partial charge in [-0.3, -0.25) is 19.3 Å². The molecule has 3 rings (SSSR count). The highest BCUT2D eigenvalue weighted by atomic mass is 32.2. The van der Waals surface area contributed by atoms with Crippen LogP contribution in [0.2, 0.25) is 0 Å². The summed E-state index contributed by atoms with van der Waals surface area (Å²) >= 11 is 1.64. The third-order valence-corrected chi connectivity index (χ3v) is 6.58. The quantitative estimate of drug-likeness (QED) is 0.545. The molecular weight excluding hydrogens is 360 g/mol. The summed E-state index contributed by atoms with van der Waals surface area (Å²) < 4.78 is 0. The van der Waals surface area contributed by atoms with Crippen LogP contribution in [-0.2, 0) is 4.79 Å². The van der Waals surface area contributed by atoms with Crippen LogP contribution in [0.3, 0.4) is 0 Å². The topological polar surface area (TPSA) is 66.5 Å². The van der Waals surface area contributed by atoms with Crippen molar-refractivity contribution in [2.45, 2.75) is 63.2 Å². The van der Waals surface area contributed by atoms with Crippen LogP contribution >= 0.6 is 11.8 Å². The molecule has 0 aromatic heterocycles. The fourth-order valence-electron chi connectivity index (χ4n) is 3.72. The number of unbranched alkanes of at least 4 members (excludes halogenated alkanes) is 1. The van der Waals surface area contributed by atoms with Gasteiger partial charge in [-0.25, -0.2) is 0 Å². The number of amides is 3. The molecular formula is C21H28N2O3S. The van der Waals surface area contributed by atoms with Crippen LogP contribution in [-0.4, -0.2) is 46.2 Å². The minimum atomic E-state index is -0.191. The lowest BCUT2D eigenvalue weighted by Crippen LogP contribution is -2.40. The molecule has 146 valence electrons. The van der Waals surface area contributed by atoms with E-state index in [0.29, 0.717) is 23.7 Å². The summed E-state index contributed by atoms with van der Waals surface area (Å²) in [5, 5.41) is 3.11. The number of thioether (sulfide) groups is 1. The van der Waals surface area contributed by atoms with Gasteiger partial charge < -0.3 is 5.32 Å². The minimum Gasteiger partial charge on any atom is -0.352 e. The molecule has 1 unspecified atom stereocenters. The first-order valence-electron chi connectivity index (χ1n) is 9.95. The van der Waals surface area contributed by atoms with Crippen molar-refractivity contribution in [1.82, 2.24) is 10.2 Å². The van der Waals surface area contributed by atoms with Crippen LogP contribution in [0.25, 0.3) is 0 Å². The molecule has 1 aromatic rings. The highest BCUT2D eigenvalue weighted by molar-refractivity contribution is 8.00. The fourth-order valence-corrected chi connectivity index (χ4v) is 4.66. The highest BCUT2D eigenvalue weighted by Crippen LogP contribution is 2.23. The van der Waals surface area contributed by atoms with Crippen molar-refractivity contribution in [2.75, 3.05) is 12.3 Å². The molecule has 1 aliphatic heterocycles. The lowest BCUT2D eigenvalue weighted by atomic mass is 9.95. The van der Waals surface area contributed by atoms with Crippen LogP contribution in [0.5, 0.6) is 0 Å². The summed E-state index contributed by atoms with van der Waals surface area (Å²) in [7, 11) is 0. The molecule has 0 saturated heterocycles. The van der Waals surface area contributed by atoms with E-state index in [1.54, 1.807) is 36.0 Å². The molecule has 1 heterocycles.